The van der Waals surface area contributed by atoms with Crippen molar-refractivity contribution >= 4 is 23.3 Å². The molecule has 35 heavy (non-hydrogen) atoms. The third kappa shape index (κ3) is 3.82. The Morgan fingerprint density at radius 1 is 1.00 bits per heavy atom. The van der Waals surface area contributed by atoms with Gasteiger partial charge in [-0.25, -0.2) is 0 Å². The lowest BCUT2D eigenvalue weighted by atomic mass is 9.86. The van der Waals surface area contributed by atoms with Gasteiger partial charge in [-0.1, -0.05) is 36.4 Å². The number of hydrogen-bond donors (Lipinski definition) is 0. The number of alkyl halides is 3. The van der Waals surface area contributed by atoms with Crippen molar-refractivity contribution in [2.24, 2.45) is 0 Å². The molecule has 3 aromatic rings. The van der Waals surface area contributed by atoms with Gasteiger partial charge in [0.25, 0.3) is 11.7 Å². The van der Waals surface area contributed by atoms with Crippen LogP contribution in [0.3, 0.4) is 0 Å². The summed E-state index contributed by atoms with van der Waals surface area (Å²) in [4.78, 5) is 39.5. The van der Waals surface area contributed by atoms with Crippen LogP contribution in [0.15, 0.2) is 60.7 Å². The molecule has 178 valence electrons. The lowest BCUT2D eigenvalue weighted by molar-refractivity contribution is -0.142. The van der Waals surface area contributed by atoms with Crippen LogP contribution in [0.25, 0.3) is 11.1 Å². The average molecular weight is 481 g/mol. The molecule has 2 aliphatic heterocycles. The second-order valence-electron chi connectivity index (χ2n) is 8.22. The van der Waals surface area contributed by atoms with Gasteiger partial charge in [-0.15, -0.1) is 0 Å². The molecule has 5 rings (SSSR count). The molecule has 6 nitrogen and oxygen atoms in total. The van der Waals surface area contributed by atoms with Gasteiger partial charge in [-0.3, -0.25) is 14.4 Å². The summed E-state index contributed by atoms with van der Waals surface area (Å²) < 4.78 is 49.5. The van der Waals surface area contributed by atoms with E-state index in [0.717, 1.165) is 12.1 Å². The van der Waals surface area contributed by atoms with Crippen molar-refractivity contribution in [1.29, 1.82) is 0 Å². The molecule has 2 aliphatic rings. The molecule has 0 saturated carbocycles. The monoisotopic (exact) mass is 481 g/mol. The number of Topliss-reactive ketones (excluding diaryl/α,β-unsaturated/α-hetero) is 1. The van der Waals surface area contributed by atoms with Crippen molar-refractivity contribution in [3.63, 3.8) is 0 Å². The SMILES string of the molecule is COC(=O)CC1Oc2ccccc2-c2ccc3c(c21)C(=O)C(=O)N3Cc1ccc(C(F)(F)F)cc1. The van der Waals surface area contributed by atoms with E-state index in [2.05, 4.69) is 0 Å². The Morgan fingerprint density at radius 3 is 2.40 bits per heavy atom. The predicted molar refractivity (Wildman–Crippen MR) is 119 cm³/mol. The summed E-state index contributed by atoms with van der Waals surface area (Å²) in [5.74, 6) is -1.57. The topological polar surface area (TPSA) is 72.9 Å². The molecule has 0 saturated heterocycles. The van der Waals surface area contributed by atoms with E-state index in [0.29, 0.717) is 33.7 Å². The summed E-state index contributed by atoms with van der Waals surface area (Å²) in [5.41, 5.74) is 1.86. The van der Waals surface area contributed by atoms with Gasteiger partial charge in [0, 0.05) is 11.1 Å². The lowest BCUT2D eigenvalue weighted by Gasteiger charge is -2.30. The molecule has 3 aromatic carbocycles. The molecule has 0 radical (unpaired) electrons. The summed E-state index contributed by atoms with van der Waals surface area (Å²) in [7, 11) is 1.25. The van der Waals surface area contributed by atoms with Crippen LogP contribution in [0.4, 0.5) is 18.9 Å². The number of carbonyl (C=O) groups excluding carboxylic acids is 3. The number of esters is 1. The van der Waals surface area contributed by atoms with E-state index < -0.39 is 35.5 Å². The number of rotatable bonds is 4. The number of ketones is 1. The highest BCUT2D eigenvalue weighted by Gasteiger charge is 2.43. The first-order chi connectivity index (χ1) is 16.7. The Morgan fingerprint density at radius 2 is 1.71 bits per heavy atom. The van der Waals surface area contributed by atoms with E-state index in [1.807, 2.05) is 12.1 Å². The largest absolute Gasteiger partial charge is 0.484 e. The summed E-state index contributed by atoms with van der Waals surface area (Å²) >= 11 is 0. The van der Waals surface area contributed by atoms with Crippen molar-refractivity contribution in [2.45, 2.75) is 25.2 Å². The number of fused-ring (bicyclic) bond motifs is 5. The second-order valence-corrected chi connectivity index (χ2v) is 8.22. The normalized spacial score (nSPS) is 16.3. The molecular formula is C26H18F3NO5. The van der Waals surface area contributed by atoms with Crippen LogP contribution in [0.1, 0.15) is 39.6 Å². The van der Waals surface area contributed by atoms with Crippen molar-refractivity contribution in [3.05, 3.63) is 82.9 Å². The molecule has 1 amide bonds. The van der Waals surface area contributed by atoms with Crippen LogP contribution in [0, 0.1) is 0 Å². The Bertz CT molecular complexity index is 1360. The Hall–Kier alpha value is -4.14. The van der Waals surface area contributed by atoms with E-state index in [1.54, 1.807) is 24.3 Å². The number of methoxy groups -OCH3 is 1. The zero-order valence-electron chi connectivity index (χ0n) is 18.4. The number of benzene rings is 3. The molecule has 0 fully saturated rings. The minimum Gasteiger partial charge on any atom is -0.484 e. The van der Waals surface area contributed by atoms with E-state index in [4.69, 9.17) is 9.47 Å². The first-order valence-electron chi connectivity index (χ1n) is 10.7. The molecule has 0 spiro atoms. The highest BCUT2D eigenvalue weighted by molar-refractivity contribution is 6.52. The van der Waals surface area contributed by atoms with Gasteiger partial charge < -0.3 is 14.4 Å². The zero-order chi connectivity index (χ0) is 24.9. The standard InChI is InChI=1S/C26H18F3NO5/c1-34-21(31)12-20-22-17(16-4-2-3-5-19(16)35-20)10-11-18-23(22)24(32)25(33)30(18)13-14-6-8-15(9-7-14)26(27,28)29/h2-11,20H,12-13H2,1H3. The van der Waals surface area contributed by atoms with Gasteiger partial charge in [-0.05, 0) is 35.4 Å². The van der Waals surface area contributed by atoms with E-state index in [9.17, 15) is 27.6 Å². The first-order valence-corrected chi connectivity index (χ1v) is 10.7. The molecule has 9 heteroatoms. The number of halogens is 3. The smallest absolute Gasteiger partial charge is 0.416 e. The summed E-state index contributed by atoms with van der Waals surface area (Å²) in [6.45, 7) is -0.0897. The van der Waals surface area contributed by atoms with Gasteiger partial charge in [0.2, 0.25) is 0 Å². The maximum absolute atomic E-state index is 13.2. The number of hydrogen-bond acceptors (Lipinski definition) is 5. The molecule has 0 bridgehead atoms. The van der Waals surface area contributed by atoms with Gasteiger partial charge >= 0.3 is 12.1 Å². The van der Waals surface area contributed by atoms with Crippen molar-refractivity contribution in [3.8, 4) is 16.9 Å². The minimum atomic E-state index is -4.48. The van der Waals surface area contributed by atoms with Gasteiger partial charge in [0.05, 0.1) is 36.9 Å². The first kappa shape index (κ1) is 22.6. The van der Waals surface area contributed by atoms with Crippen LogP contribution in [-0.2, 0) is 27.0 Å². The van der Waals surface area contributed by atoms with Crippen LogP contribution >= 0.6 is 0 Å². The van der Waals surface area contributed by atoms with Crippen molar-refractivity contribution in [2.75, 3.05) is 12.0 Å². The second kappa shape index (κ2) is 8.26. The van der Waals surface area contributed by atoms with Crippen LogP contribution in [-0.4, -0.2) is 24.8 Å². The van der Waals surface area contributed by atoms with Gasteiger partial charge in [0.1, 0.15) is 11.9 Å². The molecular weight excluding hydrogens is 463 g/mol. The Labute approximate surface area is 197 Å². The molecule has 0 aromatic heterocycles. The number of ether oxygens (including phenoxy) is 2. The fourth-order valence-electron chi connectivity index (χ4n) is 4.50. The fourth-order valence-corrected chi connectivity index (χ4v) is 4.50. The van der Waals surface area contributed by atoms with Crippen LogP contribution < -0.4 is 9.64 Å². The van der Waals surface area contributed by atoms with E-state index in [-0.39, 0.29) is 18.5 Å². The van der Waals surface area contributed by atoms with Crippen LogP contribution in [0.5, 0.6) is 5.75 Å². The van der Waals surface area contributed by atoms with E-state index in [1.165, 1.54) is 24.1 Å². The molecule has 0 aliphatic carbocycles. The number of amides is 1. The maximum Gasteiger partial charge on any atom is 0.416 e. The molecule has 1 unspecified atom stereocenters. The summed E-state index contributed by atoms with van der Waals surface area (Å²) in [6.07, 6.45) is -5.51. The van der Waals surface area contributed by atoms with Gasteiger partial charge in [-0.2, -0.15) is 13.2 Å². The van der Waals surface area contributed by atoms with Gasteiger partial charge in [0.15, 0.2) is 0 Å². The maximum atomic E-state index is 13.2. The Kier molecular flexibility index (Phi) is 5.35. The predicted octanol–water partition coefficient (Wildman–Crippen LogP) is 5.10. The highest BCUT2D eigenvalue weighted by Crippen LogP contribution is 2.48. The molecule has 2 heterocycles. The zero-order valence-corrected chi connectivity index (χ0v) is 18.4. The quantitative estimate of drug-likeness (QED) is 0.383. The molecule has 0 N–H and O–H groups in total. The summed E-state index contributed by atoms with van der Waals surface area (Å²) in [6, 6.07) is 15.0. The van der Waals surface area contributed by atoms with Crippen molar-refractivity contribution in [1.82, 2.24) is 0 Å². The van der Waals surface area contributed by atoms with Crippen molar-refractivity contribution < 1.29 is 37.0 Å². The summed E-state index contributed by atoms with van der Waals surface area (Å²) in [5, 5.41) is 0. The third-order valence-corrected chi connectivity index (χ3v) is 6.15. The highest BCUT2D eigenvalue weighted by atomic mass is 19.4. The minimum absolute atomic E-state index is 0.0897. The number of carbonyl (C=O) groups is 3. The number of nitrogens with zero attached hydrogens (tertiary/aromatic N) is 1. The molecule has 1 atom stereocenters. The lowest BCUT2D eigenvalue weighted by Crippen LogP contribution is -2.29. The number of para-hydroxylation sites is 1. The van der Waals surface area contributed by atoms with Crippen LogP contribution in [0.2, 0.25) is 0 Å². The van der Waals surface area contributed by atoms with E-state index >= 15 is 0 Å². The number of anilines is 1. The fraction of sp³-hybridized carbons (Fsp3) is 0.192. The Balaban J connectivity index is 1.58. The third-order valence-electron chi connectivity index (χ3n) is 6.15. The average Bonchev–Trinajstić information content (AvgIpc) is 3.08.